The molecule has 4 heterocycles. The minimum Gasteiger partial charge on any atom is -0.453 e. The topological polar surface area (TPSA) is 175 Å². The lowest BCUT2D eigenvalue weighted by Gasteiger charge is -2.30. The third-order valence-corrected chi connectivity index (χ3v) is 10.5. The fourth-order valence-corrected chi connectivity index (χ4v) is 7.68. The second kappa shape index (κ2) is 17.1. The Bertz CT molecular complexity index is 2370. The predicted octanol–water partition coefficient (Wildman–Crippen LogP) is 6.33. The molecule has 6 rings (SSSR count). The minimum absolute atomic E-state index is 0.0301. The largest absolute Gasteiger partial charge is 0.453 e. The van der Waals surface area contributed by atoms with Gasteiger partial charge in [0.1, 0.15) is 23.7 Å². The number of ether oxygens (including phenoxy) is 2. The van der Waals surface area contributed by atoms with E-state index < -0.39 is 87.3 Å². The van der Waals surface area contributed by atoms with Gasteiger partial charge in [0.05, 0.1) is 40.9 Å². The molecule has 1 aliphatic carbocycles. The van der Waals surface area contributed by atoms with Crippen molar-refractivity contribution in [2.45, 2.75) is 115 Å². The molecule has 14 nitrogen and oxygen atoms in total. The quantitative estimate of drug-likeness (QED) is 0.175. The zero-order chi connectivity index (χ0) is 52.2. The Morgan fingerprint density at radius 2 is 1.24 bits per heavy atom. The van der Waals surface area contributed by atoms with Crippen molar-refractivity contribution in [1.29, 1.82) is 0 Å². The van der Waals surface area contributed by atoms with Gasteiger partial charge >= 0.3 is 12.2 Å². The number of H-pyrrole nitrogens is 2. The van der Waals surface area contributed by atoms with Crippen LogP contribution in [0, 0.1) is 11.8 Å². The number of amides is 4. The van der Waals surface area contributed by atoms with Crippen LogP contribution in [0.2, 0.25) is 0 Å². The van der Waals surface area contributed by atoms with Crippen molar-refractivity contribution in [2.75, 3.05) is 27.3 Å². The van der Waals surface area contributed by atoms with E-state index in [0.29, 0.717) is 37.2 Å². The van der Waals surface area contributed by atoms with Crippen LogP contribution in [0.15, 0.2) is 36.7 Å². The molecule has 0 spiro atoms. The standard InChI is InChI=1S/C40H56N8O6/c1-23(2)33(45-39(51)53-5)37(49)47-19-7-9-31(47)35-41-21-29(43-35)27-15-11-25(12-16-27)26-13-17-28(18-14-26)30-22-42-36(44-30)32-10-8-20-48(32)38(50)34(24(3)4)46-40(52)54-6/h11-12,15-16,21-24,26,28,31-34H,7-10,13-14,17-20H2,1-6H3,(H,41,43)(H,42,44)(H,45,51)(H,46,52)/t26?,28?,31-,32-,33+,34+/m0/s1/i1D3,2D3,3D3,4D3,23D,24D,33D,34D. The number of methoxy groups -OCH3 is 2. The van der Waals surface area contributed by atoms with Crippen LogP contribution in [-0.4, -0.2) is 93.1 Å². The molecule has 4 N–H and O–H groups in total. The third kappa shape index (κ3) is 8.42. The molecule has 292 valence electrons. The second-order valence-electron chi connectivity index (χ2n) is 13.6. The first kappa shape index (κ1) is 23.1. The van der Waals surface area contributed by atoms with Crippen LogP contribution < -0.4 is 10.6 Å². The van der Waals surface area contributed by atoms with Gasteiger partial charge in [0.25, 0.3) is 0 Å². The first-order chi connectivity index (χ1) is 32.3. The summed E-state index contributed by atoms with van der Waals surface area (Å²) in [5, 5.41) is 3.54. The van der Waals surface area contributed by atoms with E-state index >= 15 is 0 Å². The average molecular weight is 761 g/mol. The van der Waals surface area contributed by atoms with E-state index in [-0.39, 0.29) is 30.7 Å². The molecular formula is C40H56N8O6. The van der Waals surface area contributed by atoms with E-state index in [1.807, 2.05) is 24.3 Å². The van der Waals surface area contributed by atoms with E-state index in [1.165, 1.54) is 6.20 Å². The maximum atomic E-state index is 14.2. The number of carbonyl (C=O) groups is 4. The van der Waals surface area contributed by atoms with Gasteiger partial charge in [-0.15, -0.1) is 0 Å². The van der Waals surface area contributed by atoms with Crippen LogP contribution in [0.3, 0.4) is 0 Å². The minimum atomic E-state index is -3.81. The number of nitrogens with one attached hydrogen (secondary N) is 4. The highest BCUT2D eigenvalue weighted by atomic mass is 16.5. The van der Waals surface area contributed by atoms with Crippen molar-refractivity contribution in [1.82, 2.24) is 40.4 Å². The number of imidazole rings is 2. The van der Waals surface area contributed by atoms with Crippen molar-refractivity contribution in [3.8, 4) is 11.3 Å². The zero-order valence-electron chi connectivity index (χ0n) is 46.1. The van der Waals surface area contributed by atoms with Crippen molar-refractivity contribution in [2.24, 2.45) is 11.8 Å². The Hall–Kier alpha value is -4.88. The molecule has 0 radical (unpaired) electrons. The Labute approximate surface area is 340 Å². The molecule has 3 aliphatic rings. The van der Waals surface area contributed by atoms with Gasteiger partial charge in [0, 0.05) is 50.1 Å². The summed E-state index contributed by atoms with van der Waals surface area (Å²) in [5.74, 6) is -9.62. The highest BCUT2D eigenvalue weighted by molar-refractivity contribution is 5.87. The first-order valence-electron chi connectivity index (χ1n) is 25.9. The summed E-state index contributed by atoms with van der Waals surface area (Å²) in [6, 6.07) is -1.02. The Kier molecular flexibility index (Phi) is 7.31. The fourth-order valence-electron chi connectivity index (χ4n) is 7.68. The lowest BCUT2D eigenvalue weighted by molar-refractivity contribution is -0.136. The van der Waals surface area contributed by atoms with Crippen molar-refractivity contribution in [3.63, 3.8) is 0 Å². The Morgan fingerprint density at radius 1 is 0.741 bits per heavy atom. The van der Waals surface area contributed by atoms with E-state index in [0.717, 1.165) is 66.5 Å². The highest BCUT2D eigenvalue weighted by Gasteiger charge is 2.39. The van der Waals surface area contributed by atoms with E-state index in [1.54, 1.807) is 16.8 Å². The molecule has 1 saturated carbocycles. The Morgan fingerprint density at radius 3 is 1.76 bits per heavy atom. The molecule has 54 heavy (non-hydrogen) atoms. The molecule has 3 aromatic rings. The predicted molar refractivity (Wildman–Crippen MR) is 202 cm³/mol. The molecule has 14 heteroatoms. The lowest BCUT2D eigenvalue weighted by atomic mass is 9.77. The number of aromatic nitrogens is 4. The number of carbonyl (C=O) groups excluding carboxylic acids is 4. The number of nitrogens with zero attached hydrogens (tertiary/aromatic N) is 4. The molecule has 2 aromatic heterocycles. The number of aromatic amines is 2. The number of likely N-dealkylation sites (tertiary alicyclic amines) is 2. The first-order valence-corrected chi connectivity index (χ1v) is 17.9. The normalized spacial score (nSPS) is 29.5. The van der Waals surface area contributed by atoms with E-state index in [4.69, 9.17) is 21.9 Å². The van der Waals surface area contributed by atoms with Gasteiger partial charge in [-0.3, -0.25) is 9.59 Å². The molecule has 3 fully saturated rings. The summed E-state index contributed by atoms with van der Waals surface area (Å²) in [6.07, 6.45) is 4.71. The number of hydrogen-bond donors (Lipinski definition) is 4. The number of alkyl carbamates (subject to hydrolysis) is 2. The zero-order valence-corrected chi connectivity index (χ0v) is 30.1. The molecule has 2 saturated heterocycles. The van der Waals surface area contributed by atoms with Gasteiger partial charge in [-0.1, -0.05) is 51.7 Å². The molecule has 2 aliphatic heterocycles. The fraction of sp³-hybridized carbons (Fsp3) is 0.600. The van der Waals surface area contributed by atoms with Gasteiger partial charge in [-0.05, 0) is 80.2 Å². The molecule has 4 atom stereocenters. The second-order valence-corrected chi connectivity index (χ2v) is 13.6. The number of benzene rings is 1. The van der Waals surface area contributed by atoms with Crippen LogP contribution in [0.5, 0.6) is 0 Å². The Balaban J connectivity index is 1.13. The van der Waals surface area contributed by atoms with Gasteiger partial charge < -0.3 is 39.9 Å². The van der Waals surface area contributed by atoms with Gasteiger partial charge in [0.15, 0.2) is 0 Å². The number of rotatable bonds is 11. The number of hydrogen-bond acceptors (Lipinski definition) is 8. The maximum Gasteiger partial charge on any atom is 0.407 e. The van der Waals surface area contributed by atoms with E-state index in [2.05, 4.69) is 29.4 Å². The molecular weight excluding hydrogens is 688 g/mol. The monoisotopic (exact) mass is 761 g/mol. The van der Waals surface area contributed by atoms with Crippen molar-refractivity contribution < 1.29 is 50.6 Å². The van der Waals surface area contributed by atoms with Crippen molar-refractivity contribution in [3.05, 3.63) is 59.6 Å². The SMILES string of the molecule is [2H]C([2H])([2H])C([2H])(C([2H])([2H])[2H])[C@@]([2H])(NC(=O)OC)C(=O)N1CCC[C@H]1c1ncc(-c2ccc(C3CCC(c4cnc([C@@H]5CCCN5C(=O)[C@]([2H])(NC(=O)OC)C([2H])(C([2H])([2H])[2H])C([2H])([2H])[2H])[nH]4)CC3)cc2)[nH]1. The summed E-state index contributed by atoms with van der Waals surface area (Å²) in [5.41, 5.74) is 3.16. The molecule has 1 aromatic carbocycles. The summed E-state index contributed by atoms with van der Waals surface area (Å²) in [7, 11) is 1.77. The smallest absolute Gasteiger partial charge is 0.407 e. The summed E-state index contributed by atoms with van der Waals surface area (Å²) < 4.78 is 140. The summed E-state index contributed by atoms with van der Waals surface area (Å²) in [4.78, 5) is 70.8. The van der Waals surface area contributed by atoms with E-state index in [9.17, 15) is 19.2 Å². The van der Waals surface area contributed by atoms with Crippen LogP contribution in [0.4, 0.5) is 9.59 Å². The highest BCUT2D eigenvalue weighted by Crippen LogP contribution is 2.41. The van der Waals surface area contributed by atoms with Gasteiger partial charge in [0.2, 0.25) is 11.8 Å². The molecule has 4 amide bonds. The molecule has 0 unspecified atom stereocenters. The third-order valence-electron chi connectivity index (χ3n) is 10.5. The van der Waals surface area contributed by atoms with Gasteiger partial charge in [-0.2, -0.15) is 0 Å². The summed E-state index contributed by atoms with van der Waals surface area (Å²) >= 11 is 0. The lowest BCUT2D eigenvalue weighted by Crippen LogP contribution is -2.51. The van der Waals surface area contributed by atoms with Gasteiger partial charge in [-0.25, -0.2) is 19.6 Å². The molecule has 0 bridgehead atoms. The van der Waals surface area contributed by atoms with Crippen LogP contribution >= 0.6 is 0 Å². The van der Waals surface area contributed by atoms with Crippen LogP contribution in [0.1, 0.15) is 148 Å². The van der Waals surface area contributed by atoms with Crippen LogP contribution in [0.25, 0.3) is 11.3 Å². The average Bonchev–Trinajstić information content (AvgIpc) is 4.14. The van der Waals surface area contributed by atoms with Crippen LogP contribution in [-0.2, 0) is 19.1 Å². The maximum absolute atomic E-state index is 14.2. The summed E-state index contributed by atoms with van der Waals surface area (Å²) in [6.45, 7) is -15.0. The van der Waals surface area contributed by atoms with Crippen molar-refractivity contribution >= 4 is 24.0 Å².